The van der Waals surface area contributed by atoms with E-state index in [4.69, 9.17) is 15.0 Å². The number of thiophene rings is 1. The van der Waals surface area contributed by atoms with Crippen LogP contribution in [-0.2, 0) is 0 Å². The molecular formula is C41H23N5S. The van der Waals surface area contributed by atoms with E-state index >= 15 is 0 Å². The molecule has 11 aromatic rings. The van der Waals surface area contributed by atoms with Crippen LogP contribution in [0.15, 0.2) is 140 Å². The molecule has 47 heavy (non-hydrogen) atoms. The van der Waals surface area contributed by atoms with Gasteiger partial charge in [0.2, 0.25) is 5.95 Å². The molecule has 6 heteroatoms. The fourth-order valence-corrected chi connectivity index (χ4v) is 8.78. The van der Waals surface area contributed by atoms with Gasteiger partial charge in [-0.25, -0.2) is 15.0 Å². The van der Waals surface area contributed by atoms with Gasteiger partial charge in [-0.1, -0.05) is 103 Å². The molecule has 0 aliphatic rings. The van der Waals surface area contributed by atoms with Crippen molar-refractivity contribution >= 4 is 91.8 Å². The zero-order chi connectivity index (χ0) is 30.6. The summed E-state index contributed by atoms with van der Waals surface area (Å²) in [6.07, 6.45) is 0. The van der Waals surface area contributed by atoms with E-state index in [1.807, 2.05) is 23.5 Å². The number of hydrogen-bond acceptors (Lipinski definition) is 4. The summed E-state index contributed by atoms with van der Waals surface area (Å²) < 4.78 is 5.89. The van der Waals surface area contributed by atoms with Crippen molar-refractivity contribution in [3.05, 3.63) is 140 Å². The van der Waals surface area contributed by atoms with Gasteiger partial charge in [-0.05, 0) is 41.8 Å². The summed E-state index contributed by atoms with van der Waals surface area (Å²) in [6.45, 7) is 0. The Morgan fingerprint density at radius 2 is 1.15 bits per heavy atom. The van der Waals surface area contributed by atoms with E-state index in [2.05, 4.69) is 136 Å². The third-order valence-corrected chi connectivity index (χ3v) is 10.7. The minimum Gasteiger partial charge on any atom is -0.283 e. The molecule has 0 amide bonds. The van der Waals surface area contributed by atoms with Crippen molar-refractivity contribution in [1.82, 2.24) is 23.9 Å². The molecule has 11 rings (SSSR count). The topological polar surface area (TPSA) is 48.0 Å². The van der Waals surface area contributed by atoms with Crippen molar-refractivity contribution < 1.29 is 0 Å². The second kappa shape index (κ2) is 9.22. The largest absolute Gasteiger partial charge is 0.283 e. The van der Waals surface area contributed by atoms with Crippen LogP contribution in [0, 0.1) is 0 Å². The Balaban J connectivity index is 1.36. The number of para-hydroxylation sites is 4. The molecule has 0 unspecified atom stereocenters. The first-order valence-electron chi connectivity index (χ1n) is 15.7. The van der Waals surface area contributed by atoms with Gasteiger partial charge in [-0.2, -0.15) is 0 Å². The Morgan fingerprint density at radius 3 is 2.02 bits per heavy atom. The molecule has 0 bridgehead atoms. The molecule has 5 heterocycles. The molecule has 5 aromatic heterocycles. The highest BCUT2D eigenvalue weighted by Gasteiger charge is 2.24. The molecule has 0 aliphatic heterocycles. The average molecular weight is 618 g/mol. The Labute approximate surface area is 271 Å². The summed E-state index contributed by atoms with van der Waals surface area (Å²) in [5, 5.41) is 8.24. The van der Waals surface area contributed by atoms with E-state index in [0.717, 1.165) is 66.0 Å². The lowest BCUT2D eigenvalue weighted by atomic mass is 10.0. The van der Waals surface area contributed by atoms with Gasteiger partial charge in [0.05, 0.1) is 33.3 Å². The number of nitrogens with zero attached hydrogens (tertiary/aromatic N) is 5. The van der Waals surface area contributed by atoms with Crippen LogP contribution < -0.4 is 0 Å². The van der Waals surface area contributed by atoms with Crippen LogP contribution in [0.2, 0.25) is 0 Å². The van der Waals surface area contributed by atoms with Crippen molar-refractivity contribution in [2.24, 2.45) is 0 Å². The molecule has 0 saturated heterocycles. The monoisotopic (exact) mass is 617 g/mol. The van der Waals surface area contributed by atoms with E-state index in [-0.39, 0.29) is 0 Å². The lowest BCUT2D eigenvalue weighted by Gasteiger charge is -2.12. The minimum atomic E-state index is 0.652. The SMILES string of the molecule is c1ccc(-c2nc(-n3c4ccccc4c4c5c(ccc43)c3c4ccccc4sc3n3c4ccccc4nc53)nc3ccccc23)cc1. The lowest BCUT2D eigenvalue weighted by Crippen LogP contribution is -2.03. The molecule has 218 valence electrons. The summed E-state index contributed by atoms with van der Waals surface area (Å²) in [4.78, 5) is 17.0. The van der Waals surface area contributed by atoms with Gasteiger partial charge in [0.15, 0.2) is 0 Å². The van der Waals surface area contributed by atoms with E-state index in [1.54, 1.807) is 0 Å². The van der Waals surface area contributed by atoms with Gasteiger partial charge in [0.1, 0.15) is 10.5 Å². The molecule has 0 fully saturated rings. The summed E-state index contributed by atoms with van der Waals surface area (Å²) >= 11 is 1.83. The Kier molecular flexibility index (Phi) is 4.93. The Bertz CT molecular complexity index is 3080. The van der Waals surface area contributed by atoms with Crippen molar-refractivity contribution in [1.29, 1.82) is 0 Å². The number of pyridine rings is 1. The maximum Gasteiger partial charge on any atom is 0.235 e. The zero-order valence-corrected chi connectivity index (χ0v) is 25.7. The van der Waals surface area contributed by atoms with Crippen molar-refractivity contribution in [2.45, 2.75) is 0 Å². The molecule has 0 N–H and O–H groups in total. The van der Waals surface area contributed by atoms with Crippen LogP contribution >= 0.6 is 11.3 Å². The zero-order valence-electron chi connectivity index (χ0n) is 24.9. The number of benzene rings is 6. The van der Waals surface area contributed by atoms with E-state index < -0.39 is 0 Å². The Morgan fingerprint density at radius 1 is 0.447 bits per heavy atom. The minimum absolute atomic E-state index is 0.652. The number of rotatable bonds is 2. The number of hydrogen-bond donors (Lipinski definition) is 0. The summed E-state index contributed by atoms with van der Waals surface area (Å²) in [7, 11) is 0. The van der Waals surface area contributed by atoms with Gasteiger partial charge < -0.3 is 0 Å². The molecule has 6 aromatic carbocycles. The summed E-state index contributed by atoms with van der Waals surface area (Å²) in [6, 6.07) is 49.1. The third kappa shape index (κ3) is 3.34. The smallest absolute Gasteiger partial charge is 0.235 e. The van der Waals surface area contributed by atoms with E-state index in [9.17, 15) is 0 Å². The van der Waals surface area contributed by atoms with Crippen LogP contribution in [0.5, 0.6) is 0 Å². The first-order valence-corrected chi connectivity index (χ1v) is 16.5. The highest BCUT2D eigenvalue weighted by Crippen LogP contribution is 2.45. The molecule has 5 nitrogen and oxygen atoms in total. The number of fused-ring (bicyclic) bond motifs is 15. The second-order valence-electron chi connectivity index (χ2n) is 12.0. The Hall–Kier alpha value is -6.11. The van der Waals surface area contributed by atoms with Crippen molar-refractivity contribution in [3.8, 4) is 17.2 Å². The summed E-state index contributed by atoms with van der Waals surface area (Å²) in [5.74, 6) is 0.652. The third-order valence-electron chi connectivity index (χ3n) is 9.51. The van der Waals surface area contributed by atoms with Crippen LogP contribution in [0.3, 0.4) is 0 Å². The molecule has 0 saturated carbocycles. The average Bonchev–Trinajstić information content (AvgIpc) is 3.81. The molecule has 0 atom stereocenters. The van der Waals surface area contributed by atoms with Gasteiger partial charge in [0, 0.05) is 42.6 Å². The van der Waals surface area contributed by atoms with Crippen molar-refractivity contribution in [2.75, 3.05) is 0 Å². The highest BCUT2D eigenvalue weighted by molar-refractivity contribution is 7.25. The van der Waals surface area contributed by atoms with Gasteiger partial charge in [-0.3, -0.25) is 8.97 Å². The molecular weight excluding hydrogens is 595 g/mol. The van der Waals surface area contributed by atoms with Crippen LogP contribution in [-0.4, -0.2) is 23.9 Å². The van der Waals surface area contributed by atoms with Crippen LogP contribution in [0.4, 0.5) is 0 Å². The number of aromatic nitrogens is 5. The van der Waals surface area contributed by atoms with Crippen LogP contribution in [0.25, 0.3) is 97.7 Å². The molecule has 0 spiro atoms. The van der Waals surface area contributed by atoms with E-state index in [1.165, 1.54) is 25.7 Å². The van der Waals surface area contributed by atoms with Gasteiger partial charge in [0.25, 0.3) is 0 Å². The fourth-order valence-electron chi connectivity index (χ4n) is 7.55. The summed E-state index contributed by atoms with van der Waals surface area (Å²) in [5.41, 5.74) is 8.10. The molecule has 0 radical (unpaired) electrons. The van der Waals surface area contributed by atoms with Gasteiger partial charge >= 0.3 is 0 Å². The quantitative estimate of drug-likeness (QED) is 0.194. The normalized spacial score (nSPS) is 12.3. The first kappa shape index (κ1) is 25.1. The first-order chi connectivity index (χ1) is 23.3. The lowest BCUT2D eigenvalue weighted by molar-refractivity contribution is 1.01. The molecule has 0 aliphatic carbocycles. The predicted octanol–water partition coefficient (Wildman–Crippen LogP) is 10.7. The maximum absolute atomic E-state index is 5.33. The second-order valence-corrected chi connectivity index (χ2v) is 13.1. The van der Waals surface area contributed by atoms with E-state index in [0.29, 0.717) is 5.95 Å². The predicted molar refractivity (Wildman–Crippen MR) is 196 cm³/mol. The maximum atomic E-state index is 5.33. The number of imidazole rings is 1. The van der Waals surface area contributed by atoms with Crippen molar-refractivity contribution in [3.63, 3.8) is 0 Å². The van der Waals surface area contributed by atoms with Crippen LogP contribution in [0.1, 0.15) is 0 Å². The standard InChI is InChI=1S/C41H23N5S/c1-2-12-24(13-3-1)38-25-14-4-7-17-29(25)43-41(44-38)45-31-19-9-5-15-26(31)36-33(45)23-22-28-35-27-16-6-11-21-34(27)47-40(35)46-32-20-10-8-18-30(32)42-39(46)37(28)36/h1-23H. The highest BCUT2D eigenvalue weighted by atomic mass is 32.1. The fraction of sp³-hybridized carbons (Fsp3) is 0. The van der Waals surface area contributed by atoms with Gasteiger partial charge in [-0.15, -0.1) is 11.3 Å².